The number of rotatable bonds is 3. The number of amides is 2. The molecule has 0 unspecified atom stereocenters. The highest BCUT2D eigenvalue weighted by Crippen LogP contribution is 2.31. The number of aliphatic carboxylic acids is 1. The number of benzene rings is 2. The van der Waals surface area contributed by atoms with E-state index in [-0.39, 0.29) is 18.2 Å². The fourth-order valence-electron chi connectivity index (χ4n) is 2.59. The van der Waals surface area contributed by atoms with Gasteiger partial charge in [0.15, 0.2) is 0 Å². The average Bonchev–Trinajstić information content (AvgIpc) is 2.73. The molecular weight excluding hydrogens is 282 g/mol. The van der Waals surface area contributed by atoms with Crippen molar-refractivity contribution in [2.75, 3.05) is 4.90 Å². The van der Waals surface area contributed by atoms with E-state index in [1.54, 1.807) is 49.4 Å². The molecule has 0 atom stereocenters. The Kier molecular flexibility index (Phi) is 3.25. The van der Waals surface area contributed by atoms with Gasteiger partial charge in [0, 0.05) is 0 Å². The van der Waals surface area contributed by atoms with Crippen LogP contribution in [0.15, 0.2) is 42.5 Å². The van der Waals surface area contributed by atoms with Crippen LogP contribution in [-0.4, -0.2) is 22.9 Å². The molecule has 0 aromatic heterocycles. The van der Waals surface area contributed by atoms with E-state index < -0.39 is 5.97 Å². The van der Waals surface area contributed by atoms with Crippen molar-refractivity contribution in [3.8, 4) is 0 Å². The second-order valence-corrected chi connectivity index (χ2v) is 5.18. The lowest BCUT2D eigenvalue weighted by Crippen LogP contribution is -2.30. The molecule has 0 saturated heterocycles. The van der Waals surface area contributed by atoms with Crippen LogP contribution in [-0.2, 0) is 11.2 Å². The van der Waals surface area contributed by atoms with Gasteiger partial charge in [0.1, 0.15) is 0 Å². The quantitative estimate of drug-likeness (QED) is 0.882. The summed E-state index contributed by atoms with van der Waals surface area (Å²) >= 11 is 0. The number of carbonyl (C=O) groups excluding carboxylic acids is 2. The standard InChI is InChI=1S/C17H13NO4/c1-10-6-7-11(9-15(19)20)8-14(10)18-16(21)12-4-2-3-5-13(12)17(18)22/h2-8H,9H2,1H3,(H,19,20). The Morgan fingerprint density at radius 2 is 1.64 bits per heavy atom. The summed E-state index contributed by atoms with van der Waals surface area (Å²) in [6, 6.07) is 11.6. The molecule has 2 aromatic rings. The summed E-state index contributed by atoms with van der Waals surface area (Å²) in [5.41, 5.74) is 2.46. The van der Waals surface area contributed by atoms with E-state index >= 15 is 0 Å². The van der Waals surface area contributed by atoms with Crippen molar-refractivity contribution in [3.63, 3.8) is 0 Å². The number of hydrogen-bond donors (Lipinski definition) is 1. The zero-order valence-corrected chi connectivity index (χ0v) is 11.9. The fraction of sp³-hybridized carbons (Fsp3) is 0.118. The number of nitrogens with zero attached hydrogens (tertiary/aromatic N) is 1. The minimum atomic E-state index is -0.961. The Bertz CT molecular complexity index is 775. The number of aryl methyl sites for hydroxylation is 1. The molecule has 0 fully saturated rings. The summed E-state index contributed by atoms with van der Waals surface area (Å²) in [4.78, 5) is 36.9. The minimum absolute atomic E-state index is 0.156. The monoisotopic (exact) mass is 295 g/mol. The summed E-state index contributed by atoms with van der Waals surface area (Å²) in [6.45, 7) is 1.78. The molecule has 0 radical (unpaired) electrons. The maximum atomic E-state index is 12.5. The van der Waals surface area contributed by atoms with Gasteiger partial charge in [0.05, 0.1) is 23.2 Å². The lowest BCUT2D eigenvalue weighted by atomic mass is 10.1. The number of carbonyl (C=O) groups is 3. The highest BCUT2D eigenvalue weighted by atomic mass is 16.4. The average molecular weight is 295 g/mol. The van der Waals surface area contributed by atoms with Crippen LogP contribution in [0.25, 0.3) is 0 Å². The minimum Gasteiger partial charge on any atom is -0.481 e. The Hall–Kier alpha value is -2.95. The maximum Gasteiger partial charge on any atom is 0.307 e. The van der Waals surface area contributed by atoms with Crippen LogP contribution in [0.1, 0.15) is 31.8 Å². The molecule has 3 rings (SSSR count). The summed E-state index contributed by atoms with van der Waals surface area (Å²) in [6.07, 6.45) is -0.156. The molecule has 0 saturated carbocycles. The predicted molar refractivity (Wildman–Crippen MR) is 80.1 cm³/mol. The van der Waals surface area contributed by atoms with Gasteiger partial charge < -0.3 is 5.11 Å². The molecule has 2 aromatic carbocycles. The number of imide groups is 1. The largest absolute Gasteiger partial charge is 0.481 e. The van der Waals surface area contributed by atoms with E-state index in [0.29, 0.717) is 22.4 Å². The molecule has 1 aliphatic heterocycles. The van der Waals surface area contributed by atoms with Gasteiger partial charge in [-0.25, -0.2) is 4.90 Å². The van der Waals surface area contributed by atoms with Crippen LogP contribution in [0.2, 0.25) is 0 Å². The SMILES string of the molecule is Cc1ccc(CC(=O)O)cc1N1C(=O)c2ccccc2C1=O. The van der Waals surface area contributed by atoms with Crippen molar-refractivity contribution < 1.29 is 19.5 Å². The summed E-state index contributed by atoms with van der Waals surface area (Å²) in [7, 11) is 0. The van der Waals surface area contributed by atoms with Gasteiger partial charge in [-0.15, -0.1) is 0 Å². The van der Waals surface area contributed by atoms with Crippen molar-refractivity contribution >= 4 is 23.5 Å². The molecule has 2 amide bonds. The van der Waals surface area contributed by atoms with E-state index in [2.05, 4.69) is 0 Å². The second kappa shape index (κ2) is 5.11. The Labute approximate surface area is 126 Å². The van der Waals surface area contributed by atoms with Crippen LogP contribution in [0, 0.1) is 6.92 Å². The molecule has 0 bridgehead atoms. The number of anilines is 1. The topological polar surface area (TPSA) is 74.7 Å². The summed E-state index contributed by atoms with van der Waals surface area (Å²) < 4.78 is 0. The number of carboxylic acids is 1. The zero-order valence-electron chi connectivity index (χ0n) is 11.9. The van der Waals surface area contributed by atoms with Gasteiger partial charge in [0.25, 0.3) is 11.8 Å². The first-order valence-electron chi connectivity index (χ1n) is 6.78. The third kappa shape index (κ3) is 2.16. The van der Waals surface area contributed by atoms with E-state index in [4.69, 9.17) is 5.11 Å². The van der Waals surface area contributed by atoms with E-state index in [9.17, 15) is 14.4 Å². The number of hydrogen-bond acceptors (Lipinski definition) is 3. The van der Waals surface area contributed by atoms with E-state index in [1.165, 1.54) is 0 Å². The van der Waals surface area contributed by atoms with E-state index in [0.717, 1.165) is 10.5 Å². The van der Waals surface area contributed by atoms with Gasteiger partial charge in [-0.05, 0) is 36.2 Å². The first-order valence-corrected chi connectivity index (χ1v) is 6.78. The van der Waals surface area contributed by atoms with Crippen molar-refractivity contribution in [1.29, 1.82) is 0 Å². The third-order valence-corrected chi connectivity index (χ3v) is 3.66. The fourth-order valence-corrected chi connectivity index (χ4v) is 2.59. The Balaban J connectivity index is 2.07. The van der Waals surface area contributed by atoms with Crippen molar-refractivity contribution in [2.24, 2.45) is 0 Å². The predicted octanol–water partition coefficient (Wildman–Crippen LogP) is 2.42. The van der Waals surface area contributed by atoms with Crippen LogP contribution in [0.5, 0.6) is 0 Å². The smallest absolute Gasteiger partial charge is 0.307 e. The molecule has 1 heterocycles. The van der Waals surface area contributed by atoms with Crippen LogP contribution in [0.3, 0.4) is 0 Å². The molecule has 5 nitrogen and oxygen atoms in total. The molecule has 1 aliphatic rings. The molecular formula is C17H13NO4. The van der Waals surface area contributed by atoms with E-state index in [1.807, 2.05) is 0 Å². The normalized spacial score (nSPS) is 13.4. The summed E-state index contributed by atoms with van der Waals surface area (Å²) in [5.74, 6) is -1.72. The van der Waals surface area contributed by atoms with Gasteiger partial charge in [-0.2, -0.15) is 0 Å². The molecule has 0 spiro atoms. The first kappa shape index (κ1) is 14.0. The van der Waals surface area contributed by atoms with Crippen LogP contribution in [0.4, 0.5) is 5.69 Å². The van der Waals surface area contributed by atoms with Crippen molar-refractivity contribution in [3.05, 3.63) is 64.7 Å². The summed E-state index contributed by atoms with van der Waals surface area (Å²) in [5, 5.41) is 8.89. The van der Waals surface area contributed by atoms with Gasteiger partial charge in [-0.3, -0.25) is 14.4 Å². The van der Waals surface area contributed by atoms with Gasteiger partial charge in [0.2, 0.25) is 0 Å². The second-order valence-electron chi connectivity index (χ2n) is 5.18. The highest BCUT2D eigenvalue weighted by Gasteiger charge is 2.36. The Morgan fingerprint density at radius 3 is 2.18 bits per heavy atom. The van der Waals surface area contributed by atoms with Gasteiger partial charge >= 0.3 is 5.97 Å². The molecule has 0 aliphatic carbocycles. The molecule has 1 N–H and O–H groups in total. The van der Waals surface area contributed by atoms with Crippen LogP contribution >= 0.6 is 0 Å². The Morgan fingerprint density at radius 1 is 1.05 bits per heavy atom. The number of fused-ring (bicyclic) bond motifs is 1. The molecule has 22 heavy (non-hydrogen) atoms. The molecule has 5 heteroatoms. The van der Waals surface area contributed by atoms with Crippen molar-refractivity contribution in [1.82, 2.24) is 0 Å². The lowest BCUT2D eigenvalue weighted by molar-refractivity contribution is -0.136. The third-order valence-electron chi connectivity index (χ3n) is 3.66. The van der Waals surface area contributed by atoms with Crippen LogP contribution < -0.4 is 4.90 Å². The first-order chi connectivity index (χ1) is 10.5. The van der Waals surface area contributed by atoms with Crippen molar-refractivity contribution in [2.45, 2.75) is 13.3 Å². The number of carboxylic acid groups (broad SMARTS) is 1. The van der Waals surface area contributed by atoms with Gasteiger partial charge in [-0.1, -0.05) is 24.3 Å². The highest BCUT2D eigenvalue weighted by molar-refractivity contribution is 6.34. The maximum absolute atomic E-state index is 12.5. The lowest BCUT2D eigenvalue weighted by Gasteiger charge is -2.17. The zero-order chi connectivity index (χ0) is 15.9. The molecule has 110 valence electrons.